The van der Waals surface area contributed by atoms with Gasteiger partial charge in [-0.15, -0.1) is 0 Å². The fourth-order valence-corrected chi connectivity index (χ4v) is 1.96. The second-order valence-electron chi connectivity index (χ2n) is 4.20. The predicted octanol–water partition coefficient (Wildman–Crippen LogP) is 0.0871. The van der Waals surface area contributed by atoms with Crippen LogP contribution in [-0.2, 0) is 19.0 Å². The van der Waals surface area contributed by atoms with E-state index in [0.717, 1.165) is 25.9 Å². The van der Waals surface area contributed by atoms with Crippen LogP contribution in [0.1, 0.15) is 19.3 Å². The summed E-state index contributed by atoms with van der Waals surface area (Å²) in [6.07, 6.45) is 1.99. The smallest absolute Gasteiger partial charge is 0.308 e. The van der Waals surface area contributed by atoms with Crippen molar-refractivity contribution < 1.29 is 19.0 Å². The van der Waals surface area contributed by atoms with E-state index in [4.69, 9.17) is 14.2 Å². The first-order valence-electron chi connectivity index (χ1n) is 5.94. The van der Waals surface area contributed by atoms with Crippen molar-refractivity contribution in [2.75, 3.05) is 32.9 Å². The Morgan fingerprint density at radius 3 is 2.81 bits per heavy atom. The fourth-order valence-electron chi connectivity index (χ4n) is 1.96. The first-order chi connectivity index (χ1) is 7.84. The summed E-state index contributed by atoms with van der Waals surface area (Å²) in [6.45, 7) is 3.67. The molecule has 0 aromatic heterocycles. The number of hydrogen-bond acceptors (Lipinski definition) is 5. The molecule has 0 aromatic rings. The Morgan fingerprint density at radius 1 is 1.31 bits per heavy atom. The molecule has 0 spiro atoms. The van der Waals surface area contributed by atoms with E-state index in [-0.39, 0.29) is 18.2 Å². The van der Waals surface area contributed by atoms with Gasteiger partial charge in [-0.1, -0.05) is 0 Å². The van der Waals surface area contributed by atoms with Crippen LogP contribution >= 0.6 is 0 Å². The van der Waals surface area contributed by atoms with Crippen LogP contribution < -0.4 is 5.32 Å². The van der Waals surface area contributed by atoms with Gasteiger partial charge in [0.2, 0.25) is 0 Å². The number of nitrogens with one attached hydrogen (secondary N) is 1. The van der Waals surface area contributed by atoms with Gasteiger partial charge in [-0.25, -0.2) is 0 Å². The monoisotopic (exact) mass is 229 g/mol. The second kappa shape index (κ2) is 6.18. The maximum Gasteiger partial charge on any atom is 0.308 e. The van der Waals surface area contributed by atoms with E-state index >= 15 is 0 Å². The van der Waals surface area contributed by atoms with Crippen molar-refractivity contribution in [3.8, 4) is 0 Å². The maximum absolute atomic E-state index is 11.6. The normalized spacial score (nSPS) is 27.6. The van der Waals surface area contributed by atoms with Crippen LogP contribution in [0.2, 0.25) is 0 Å². The van der Waals surface area contributed by atoms with E-state index in [0.29, 0.717) is 26.2 Å². The van der Waals surface area contributed by atoms with Crippen molar-refractivity contribution in [3.05, 3.63) is 0 Å². The minimum absolute atomic E-state index is 0.0268. The molecule has 2 fully saturated rings. The topological polar surface area (TPSA) is 56.8 Å². The summed E-state index contributed by atoms with van der Waals surface area (Å²) in [5, 5.41) is 3.19. The fraction of sp³-hybridized carbons (Fsp3) is 0.909. The Bertz CT molecular complexity index is 200. The minimum atomic E-state index is -0.152. The standard InChI is InChI=1S/C11H19NO4/c13-11(7-10-8-12-3-6-15-10)16-9-1-4-14-5-2-9/h9-10,12H,1-8H2. The molecule has 2 aliphatic rings. The van der Waals surface area contributed by atoms with E-state index in [1.54, 1.807) is 0 Å². The van der Waals surface area contributed by atoms with E-state index in [9.17, 15) is 4.79 Å². The summed E-state index contributed by atoms with van der Waals surface area (Å²) in [5.41, 5.74) is 0. The zero-order valence-corrected chi connectivity index (χ0v) is 9.44. The van der Waals surface area contributed by atoms with Gasteiger partial charge in [0.1, 0.15) is 6.10 Å². The van der Waals surface area contributed by atoms with Gasteiger partial charge in [0, 0.05) is 25.9 Å². The van der Waals surface area contributed by atoms with E-state index in [1.165, 1.54) is 0 Å². The second-order valence-corrected chi connectivity index (χ2v) is 4.20. The highest BCUT2D eigenvalue weighted by atomic mass is 16.6. The molecule has 0 amide bonds. The van der Waals surface area contributed by atoms with Gasteiger partial charge in [-0.05, 0) is 0 Å². The Labute approximate surface area is 95.4 Å². The highest BCUT2D eigenvalue weighted by Gasteiger charge is 2.22. The van der Waals surface area contributed by atoms with E-state index < -0.39 is 0 Å². The lowest BCUT2D eigenvalue weighted by atomic mass is 10.1. The Balaban J connectivity index is 1.66. The molecular weight excluding hydrogens is 210 g/mol. The highest BCUT2D eigenvalue weighted by molar-refractivity contribution is 5.70. The maximum atomic E-state index is 11.6. The molecule has 16 heavy (non-hydrogen) atoms. The van der Waals surface area contributed by atoms with Crippen molar-refractivity contribution in [3.63, 3.8) is 0 Å². The lowest BCUT2D eigenvalue weighted by Gasteiger charge is -2.25. The summed E-state index contributed by atoms with van der Waals surface area (Å²) in [7, 11) is 0. The zero-order valence-electron chi connectivity index (χ0n) is 9.44. The summed E-state index contributed by atoms with van der Waals surface area (Å²) < 4.78 is 16.0. The largest absolute Gasteiger partial charge is 0.462 e. The first-order valence-corrected chi connectivity index (χ1v) is 5.94. The molecule has 2 aliphatic heterocycles. The van der Waals surface area contributed by atoms with Crippen molar-refractivity contribution >= 4 is 5.97 Å². The third-order valence-electron chi connectivity index (χ3n) is 2.87. The molecule has 1 N–H and O–H groups in total. The SMILES string of the molecule is O=C(CC1CNCCO1)OC1CCOCC1. The molecular formula is C11H19NO4. The molecule has 0 saturated carbocycles. The van der Waals surface area contributed by atoms with Crippen molar-refractivity contribution in [2.24, 2.45) is 0 Å². The van der Waals surface area contributed by atoms with E-state index in [1.807, 2.05) is 0 Å². The Morgan fingerprint density at radius 2 is 2.12 bits per heavy atom. The molecule has 2 saturated heterocycles. The molecule has 92 valence electrons. The van der Waals surface area contributed by atoms with Gasteiger partial charge in [-0.2, -0.15) is 0 Å². The quantitative estimate of drug-likeness (QED) is 0.695. The molecule has 2 heterocycles. The van der Waals surface area contributed by atoms with E-state index in [2.05, 4.69) is 5.32 Å². The summed E-state index contributed by atoms with van der Waals surface area (Å²) in [4.78, 5) is 11.6. The molecule has 0 aliphatic carbocycles. The molecule has 0 radical (unpaired) electrons. The third kappa shape index (κ3) is 3.73. The van der Waals surface area contributed by atoms with Gasteiger partial charge >= 0.3 is 5.97 Å². The van der Waals surface area contributed by atoms with Gasteiger partial charge in [0.05, 0.1) is 32.3 Å². The Hall–Kier alpha value is -0.650. The lowest BCUT2D eigenvalue weighted by Crippen LogP contribution is -2.40. The van der Waals surface area contributed by atoms with Crippen molar-refractivity contribution in [1.29, 1.82) is 0 Å². The lowest BCUT2D eigenvalue weighted by molar-refractivity contribution is -0.156. The summed E-state index contributed by atoms with van der Waals surface area (Å²) in [5.74, 6) is -0.152. The van der Waals surface area contributed by atoms with Crippen molar-refractivity contribution in [2.45, 2.75) is 31.5 Å². The van der Waals surface area contributed by atoms with Gasteiger partial charge < -0.3 is 19.5 Å². The zero-order chi connectivity index (χ0) is 11.2. The molecule has 1 unspecified atom stereocenters. The molecule has 2 rings (SSSR count). The number of carbonyl (C=O) groups excluding carboxylic acids is 1. The number of carbonyl (C=O) groups is 1. The predicted molar refractivity (Wildman–Crippen MR) is 57.2 cm³/mol. The van der Waals surface area contributed by atoms with Crippen LogP contribution in [0.3, 0.4) is 0 Å². The van der Waals surface area contributed by atoms with Crippen LogP contribution in [0.25, 0.3) is 0 Å². The number of hydrogen-bond donors (Lipinski definition) is 1. The summed E-state index contributed by atoms with van der Waals surface area (Å²) in [6, 6.07) is 0. The summed E-state index contributed by atoms with van der Waals surface area (Å²) >= 11 is 0. The van der Waals surface area contributed by atoms with Crippen LogP contribution in [-0.4, -0.2) is 51.1 Å². The average Bonchev–Trinajstić information content (AvgIpc) is 2.31. The van der Waals surface area contributed by atoms with Gasteiger partial charge in [0.25, 0.3) is 0 Å². The van der Waals surface area contributed by atoms with Gasteiger partial charge in [-0.3, -0.25) is 4.79 Å². The molecule has 1 atom stereocenters. The molecule has 0 bridgehead atoms. The van der Waals surface area contributed by atoms with Gasteiger partial charge in [0.15, 0.2) is 0 Å². The van der Waals surface area contributed by atoms with Crippen molar-refractivity contribution in [1.82, 2.24) is 5.32 Å². The number of esters is 1. The van der Waals surface area contributed by atoms with Crippen LogP contribution in [0.4, 0.5) is 0 Å². The number of morpholine rings is 1. The highest BCUT2D eigenvalue weighted by Crippen LogP contribution is 2.12. The number of rotatable bonds is 3. The minimum Gasteiger partial charge on any atom is -0.462 e. The van der Waals surface area contributed by atoms with Crippen LogP contribution in [0, 0.1) is 0 Å². The molecule has 5 nitrogen and oxygen atoms in total. The average molecular weight is 229 g/mol. The Kier molecular flexibility index (Phi) is 4.56. The van der Waals surface area contributed by atoms with Crippen LogP contribution in [0.15, 0.2) is 0 Å². The van der Waals surface area contributed by atoms with Crippen LogP contribution in [0.5, 0.6) is 0 Å². The molecule has 0 aromatic carbocycles. The third-order valence-corrected chi connectivity index (χ3v) is 2.87. The first kappa shape index (κ1) is 11.8. The molecule has 5 heteroatoms. The number of ether oxygens (including phenoxy) is 3.